The van der Waals surface area contributed by atoms with Gasteiger partial charge >= 0.3 is 0 Å². The Morgan fingerprint density at radius 3 is 2.86 bits per heavy atom. The molecule has 0 fully saturated rings. The fourth-order valence-electron chi connectivity index (χ4n) is 0.331. The lowest BCUT2D eigenvalue weighted by atomic mass is 10.7. The first-order valence-electron chi connectivity index (χ1n) is 1.83. The Labute approximate surface area is 51.6 Å². The number of hydrogen-bond acceptors (Lipinski definition) is 2. The lowest BCUT2D eigenvalue weighted by Gasteiger charge is -1.77. The summed E-state index contributed by atoms with van der Waals surface area (Å²) in [6.07, 6.45) is 5.22. The summed E-state index contributed by atoms with van der Waals surface area (Å²) in [5.41, 5.74) is 0. The molecule has 0 aliphatic heterocycles. The molecule has 0 saturated heterocycles. The maximum Gasteiger partial charge on any atom is 0.0601 e. The lowest BCUT2D eigenvalue weighted by molar-refractivity contribution is 1.75. The normalized spacial score (nSPS) is 9.29. The van der Waals surface area contributed by atoms with Crippen molar-refractivity contribution in [1.82, 2.24) is 0 Å². The Hall–Kier alpha value is 0.0500. The molecule has 0 bridgehead atoms. The zero-order valence-electron chi connectivity index (χ0n) is 3.63. The fourth-order valence-corrected chi connectivity index (χ4v) is 1.32. The average molecular weight is 128 g/mol. The van der Waals surface area contributed by atoms with Gasteiger partial charge in [0.1, 0.15) is 0 Å². The highest BCUT2D eigenvalue weighted by molar-refractivity contribution is 8.02. The van der Waals surface area contributed by atoms with E-state index in [1.807, 2.05) is 17.5 Å². The largest absolute Gasteiger partial charge is 0.137 e. The molecular weight excluding hydrogens is 124 g/mol. The third kappa shape index (κ3) is 1.21. The molecule has 2 radical (unpaired) electrons. The van der Waals surface area contributed by atoms with Gasteiger partial charge in [0.25, 0.3) is 0 Å². The molecule has 0 aliphatic carbocycles. The van der Waals surface area contributed by atoms with E-state index in [0.717, 1.165) is 0 Å². The van der Waals surface area contributed by atoms with Gasteiger partial charge in [-0.1, -0.05) is 6.07 Å². The van der Waals surface area contributed by atoms with Crippen molar-refractivity contribution in [2.24, 2.45) is 0 Å². The van der Waals surface area contributed by atoms with Crippen molar-refractivity contribution >= 4 is 23.1 Å². The molecule has 0 saturated carbocycles. The fraction of sp³-hybridized carbons (Fsp3) is 0. The maximum atomic E-state index is 5.22. The first-order chi connectivity index (χ1) is 3.43. The summed E-state index contributed by atoms with van der Waals surface area (Å²) in [4.78, 5) is 0. The predicted octanol–water partition coefficient (Wildman–Crippen LogP) is 2.51. The summed E-state index contributed by atoms with van der Waals surface area (Å²) < 4.78 is 1.17. The summed E-state index contributed by atoms with van der Waals surface area (Å²) >= 11 is 2.95. The van der Waals surface area contributed by atoms with E-state index in [9.17, 15) is 0 Å². The van der Waals surface area contributed by atoms with Crippen LogP contribution in [0.5, 0.6) is 0 Å². The van der Waals surface area contributed by atoms with E-state index in [1.165, 1.54) is 16.0 Å². The third-order valence-electron chi connectivity index (χ3n) is 0.611. The van der Waals surface area contributed by atoms with Crippen LogP contribution in [0.3, 0.4) is 0 Å². The second-order valence-corrected chi connectivity index (χ2v) is 2.93. The third-order valence-corrected chi connectivity index (χ3v) is 2.22. The van der Waals surface area contributed by atoms with Gasteiger partial charge in [-0.05, 0) is 11.4 Å². The van der Waals surface area contributed by atoms with Crippen molar-refractivity contribution in [3.05, 3.63) is 23.8 Å². The molecule has 1 heterocycles. The maximum absolute atomic E-state index is 5.22. The van der Waals surface area contributed by atoms with Crippen LogP contribution in [-0.4, -0.2) is 0 Å². The van der Waals surface area contributed by atoms with Crippen LogP contribution < -0.4 is 0 Å². The monoisotopic (exact) mass is 128 g/mol. The van der Waals surface area contributed by atoms with Crippen LogP contribution in [0.1, 0.15) is 0 Å². The molecule has 7 heavy (non-hydrogen) atoms. The molecule has 0 nitrogen and oxygen atoms in total. The van der Waals surface area contributed by atoms with Gasteiger partial charge in [0.15, 0.2) is 0 Å². The molecule has 36 valence electrons. The van der Waals surface area contributed by atoms with Crippen molar-refractivity contribution in [2.45, 2.75) is 4.21 Å². The van der Waals surface area contributed by atoms with Crippen molar-refractivity contribution in [3.8, 4) is 0 Å². The smallest absolute Gasteiger partial charge is 0.0601 e. The van der Waals surface area contributed by atoms with Gasteiger partial charge in [-0.3, -0.25) is 0 Å². The van der Waals surface area contributed by atoms with Crippen LogP contribution in [0.25, 0.3) is 0 Å². The molecule has 0 unspecified atom stereocenters. The predicted molar refractivity (Wildman–Crippen MR) is 34.5 cm³/mol. The zero-order chi connectivity index (χ0) is 5.11. The molecule has 1 aromatic rings. The highest BCUT2D eigenvalue weighted by atomic mass is 32.2. The molecule has 0 spiro atoms. The molecule has 0 atom stereocenters. The Morgan fingerprint density at radius 1 is 1.71 bits per heavy atom. The van der Waals surface area contributed by atoms with E-state index < -0.39 is 0 Å². The molecule has 0 N–H and O–H groups in total. The zero-order valence-corrected chi connectivity index (χ0v) is 5.26. The van der Waals surface area contributed by atoms with Crippen molar-refractivity contribution in [2.75, 3.05) is 0 Å². The summed E-state index contributed by atoms with van der Waals surface area (Å²) in [5, 5.41) is 2.01. The van der Waals surface area contributed by atoms with Gasteiger partial charge in [-0.15, -0.1) is 23.1 Å². The van der Waals surface area contributed by atoms with Crippen molar-refractivity contribution in [3.63, 3.8) is 0 Å². The molecule has 0 aromatic carbocycles. The van der Waals surface area contributed by atoms with E-state index in [4.69, 9.17) is 6.26 Å². The highest BCUT2D eigenvalue weighted by Crippen LogP contribution is 2.20. The van der Waals surface area contributed by atoms with Gasteiger partial charge in [0, 0.05) is 6.26 Å². The summed E-state index contributed by atoms with van der Waals surface area (Å²) in [7, 11) is 0. The molecule has 0 aliphatic rings. The van der Waals surface area contributed by atoms with Crippen LogP contribution in [0.4, 0.5) is 0 Å². The standard InChI is InChI=1S/C5H4S2/c1-6-5-3-2-4-7-5/h1-4H. The highest BCUT2D eigenvalue weighted by Gasteiger charge is 1.83. The molecular formula is C5H4S2. The SMILES string of the molecule is [CH]Sc1cccs1. The summed E-state index contributed by atoms with van der Waals surface area (Å²) in [6.45, 7) is 0. The Balaban J connectivity index is 2.76. The minimum atomic E-state index is 1.17. The van der Waals surface area contributed by atoms with Crippen LogP contribution >= 0.6 is 23.1 Å². The molecule has 1 rings (SSSR count). The second-order valence-electron chi connectivity index (χ2n) is 1.05. The van der Waals surface area contributed by atoms with Gasteiger partial charge in [-0.2, -0.15) is 0 Å². The van der Waals surface area contributed by atoms with E-state index in [-0.39, 0.29) is 0 Å². The first kappa shape index (κ1) is 5.19. The van der Waals surface area contributed by atoms with Crippen molar-refractivity contribution < 1.29 is 0 Å². The first-order valence-corrected chi connectivity index (χ1v) is 3.59. The number of hydrogen-bond donors (Lipinski definition) is 0. The Morgan fingerprint density at radius 2 is 2.57 bits per heavy atom. The van der Waals surface area contributed by atoms with E-state index in [1.54, 1.807) is 11.3 Å². The lowest BCUT2D eigenvalue weighted by Crippen LogP contribution is -1.42. The van der Waals surface area contributed by atoms with E-state index >= 15 is 0 Å². The molecule has 1 aromatic heterocycles. The quantitative estimate of drug-likeness (QED) is 0.524. The van der Waals surface area contributed by atoms with Gasteiger partial charge in [-0.25, -0.2) is 0 Å². The van der Waals surface area contributed by atoms with Crippen LogP contribution in [-0.2, 0) is 0 Å². The number of thioether (sulfide) groups is 1. The van der Waals surface area contributed by atoms with Gasteiger partial charge in [0.2, 0.25) is 0 Å². The summed E-state index contributed by atoms with van der Waals surface area (Å²) in [5.74, 6) is 0. The number of rotatable bonds is 1. The Bertz CT molecular complexity index is 121. The van der Waals surface area contributed by atoms with E-state index in [0.29, 0.717) is 0 Å². The molecule has 2 heteroatoms. The minimum absolute atomic E-state index is 1.17. The minimum Gasteiger partial charge on any atom is -0.137 e. The van der Waals surface area contributed by atoms with Crippen LogP contribution in [0.2, 0.25) is 0 Å². The van der Waals surface area contributed by atoms with E-state index in [2.05, 4.69) is 0 Å². The van der Waals surface area contributed by atoms with Crippen molar-refractivity contribution in [1.29, 1.82) is 0 Å². The Kier molecular flexibility index (Phi) is 1.77. The van der Waals surface area contributed by atoms with Gasteiger partial charge < -0.3 is 0 Å². The average Bonchev–Trinajstić information content (AvgIpc) is 2.14. The summed E-state index contributed by atoms with van der Waals surface area (Å²) in [6, 6.07) is 3.98. The topological polar surface area (TPSA) is 0 Å². The second kappa shape index (κ2) is 2.38. The number of thiophene rings is 1. The van der Waals surface area contributed by atoms with Crippen LogP contribution in [0, 0.1) is 6.26 Å². The molecule has 0 amide bonds. The van der Waals surface area contributed by atoms with Gasteiger partial charge in [0.05, 0.1) is 4.21 Å². The van der Waals surface area contributed by atoms with Crippen LogP contribution in [0.15, 0.2) is 21.7 Å².